The standard InChI is InChI=1S/C23H28N2O7/c1-13(2)25(16-10-8-7-9-11-16)17(26)12-32-23(29)20-18(21(27)30-5)14(3)24-15(4)19(20)22(28)31-6/h7-11,13,20,24H,12H2,1-6H3. The minimum atomic E-state index is -1.40. The highest BCUT2D eigenvalue weighted by molar-refractivity contribution is 6.06. The second-order valence-corrected chi connectivity index (χ2v) is 7.42. The summed E-state index contributed by atoms with van der Waals surface area (Å²) in [5.74, 6) is -4.38. The Bertz CT molecular complexity index is 926. The van der Waals surface area contributed by atoms with E-state index in [4.69, 9.17) is 14.2 Å². The summed E-state index contributed by atoms with van der Waals surface area (Å²) in [6.45, 7) is 6.25. The number of benzene rings is 1. The van der Waals surface area contributed by atoms with Crippen LogP contribution in [0, 0.1) is 5.92 Å². The Kier molecular flexibility index (Phi) is 8.17. The van der Waals surface area contributed by atoms with Crippen molar-refractivity contribution in [2.24, 2.45) is 5.92 Å². The summed E-state index contributed by atoms with van der Waals surface area (Å²) in [4.78, 5) is 52.2. The molecule has 9 heteroatoms. The van der Waals surface area contributed by atoms with E-state index in [1.807, 2.05) is 19.9 Å². The molecule has 1 aromatic carbocycles. The van der Waals surface area contributed by atoms with Crippen LogP contribution >= 0.6 is 0 Å². The van der Waals surface area contributed by atoms with Gasteiger partial charge in [-0.3, -0.25) is 9.59 Å². The predicted molar refractivity (Wildman–Crippen MR) is 116 cm³/mol. The Morgan fingerprint density at radius 1 is 0.938 bits per heavy atom. The van der Waals surface area contributed by atoms with E-state index in [-0.39, 0.29) is 17.2 Å². The Balaban J connectivity index is 2.33. The lowest BCUT2D eigenvalue weighted by atomic mass is 9.85. The fourth-order valence-electron chi connectivity index (χ4n) is 3.60. The molecule has 0 saturated heterocycles. The first-order valence-electron chi connectivity index (χ1n) is 10.0. The molecule has 1 amide bonds. The Morgan fingerprint density at radius 2 is 1.44 bits per heavy atom. The highest BCUT2D eigenvalue weighted by Crippen LogP contribution is 2.32. The van der Waals surface area contributed by atoms with Crippen molar-refractivity contribution in [2.45, 2.75) is 33.7 Å². The number of allylic oxidation sites excluding steroid dienone is 2. The second kappa shape index (κ2) is 10.6. The Morgan fingerprint density at radius 3 is 1.88 bits per heavy atom. The number of esters is 3. The molecule has 1 N–H and O–H groups in total. The second-order valence-electron chi connectivity index (χ2n) is 7.42. The lowest BCUT2D eigenvalue weighted by Crippen LogP contribution is -2.42. The smallest absolute Gasteiger partial charge is 0.336 e. The minimum absolute atomic E-state index is 0.0836. The van der Waals surface area contributed by atoms with Gasteiger partial charge in [0.25, 0.3) is 5.91 Å². The average Bonchev–Trinajstić information content (AvgIpc) is 2.76. The molecule has 2 rings (SSSR count). The van der Waals surface area contributed by atoms with Crippen molar-refractivity contribution in [3.63, 3.8) is 0 Å². The molecule has 0 aromatic heterocycles. The summed E-state index contributed by atoms with van der Waals surface area (Å²) in [6, 6.07) is 8.78. The van der Waals surface area contributed by atoms with Gasteiger partial charge >= 0.3 is 17.9 Å². The van der Waals surface area contributed by atoms with Crippen LogP contribution in [0.4, 0.5) is 5.69 Å². The van der Waals surface area contributed by atoms with Gasteiger partial charge in [-0.25, -0.2) is 9.59 Å². The van der Waals surface area contributed by atoms with Crippen LogP contribution in [0.3, 0.4) is 0 Å². The zero-order valence-corrected chi connectivity index (χ0v) is 19.1. The number of amides is 1. The zero-order chi connectivity index (χ0) is 24.0. The van der Waals surface area contributed by atoms with Gasteiger partial charge < -0.3 is 24.4 Å². The van der Waals surface area contributed by atoms with Crippen LogP contribution in [0.2, 0.25) is 0 Å². The van der Waals surface area contributed by atoms with Gasteiger partial charge in [0.15, 0.2) is 6.61 Å². The number of nitrogens with zero attached hydrogens (tertiary/aromatic N) is 1. The van der Waals surface area contributed by atoms with Crippen LogP contribution in [-0.2, 0) is 33.4 Å². The maximum atomic E-state index is 13.1. The molecule has 0 radical (unpaired) electrons. The number of hydrogen-bond acceptors (Lipinski definition) is 8. The number of para-hydroxylation sites is 1. The molecule has 32 heavy (non-hydrogen) atoms. The molecule has 1 aliphatic rings. The molecule has 0 atom stereocenters. The molecule has 0 unspecified atom stereocenters. The van der Waals surface area contributed by atoms with Crippen LogP contribution < -0.4 is 10.2 Å². The van der Waals surface area contributed by atoms with Gasteiger partial charge in [0.1, 0.15) is 5.92 Å². The van der Waals surface area contributed by atoms with Crippen molar-refractivity contribution in [1.82, 2.24) is 5.32 Å². The monoisotopic (exact) mass is 444 g/mol. The topological polar surface area (TPSA) is 111 Å². The molecule has 1 aliphatic heterocycles. The molecule has 1 heterocycles. The van der Waals surface area contributed by atoms with E-state index in [9.17, 15) is 19.2 Å². The fraction of sp³-hybridized carbons (Fsp3) is 0.391. The molecular weight excluding hydrogens is 416 g/mol. The third-order valence-electron chi connectivity index (χ3n) is 4.96. The fourth-order valence-corrected chi connectivity index (χ4v) is 3.60. The first kappa shape index (κ1) is 24.6. The van der Waals surface area contributed by atoms with Crippen LogP contribution in [0.25, 0.3) is 0 Å². The van der Waals surface area contributed by atoms with Crippen molar-refractivity contribution in [3.8, 4) is 0 Å². The molecule has 9 nitrogen and oxygen atoms in total. The lowest BCUT2D eigenvalue weighted by molar-refractivity contribution is -0.153. The van der Waals surface area contributed by atoms with Gasteiger partial charge in [-0.15, -0.1) is 0 Å². The van der Waals surface area contributed by atoms with Crippen LogP contribution in [-0.4, -0.2) is 50.7 Å². The number of nitrogens with one attached hydrogen (secondary N) is 1. The molecule has 0 bridgehead atoms. The maximum Gasteiger partial charge on any atom is 0.336 e. The molecular formula is C23H28N2O7. The summed E-state index contributed by atoms with van der Waals surface area (Å²) < 4.78 is 14.9. The highest BCUT2D eigenvalue weighted by atomic mass is 16.5. The quantitative estimate of drug-likeness (QED) is 0.503. The number of methoxy groups -OCH3 is 2. The molecule has 0 saturated carbocycles. The van der Waals surface area contributed by atoms with Gasteiger partial charge in [0.05, 0.1) is 25.4 Å². The zero-order valence-electron chi connectivity index (χ0n) is 19.1. The predicted octanol–water partition coefficient (Wildman–Crippen LogP) is 2.08. The Labute approximate surface area is 187 Å². The van der Waals surface area contributed by atoms with Gasteiger partial charge in [0.2, 0.25) is 0 Å². The largest absolute Gasteiger partial charge is 0.466 e. The summed E-state index contributed by atoms with van der Waals surface area (Å²) in [5.41, 5.74) is 1.16. The van der Waals surface area contributed by atoms with Crippen molar-refractivity contribution in [3.05, 3.63) is 52.9 Å². The van der Waals surface area contributed by atoms with E-state index in [1.165, 1.54) is 4.90 Å². The third kappa shape index (κ3) is 5.16. The number of dihydropyridines is 1. The van der Waals surface area contributed by atoms with E-state index in [1.54, 1.807) is 38.1 Å². The number of ether oxygens (including phenoxy) is 3. The van der Waals surface area contributed by atoms with Crippen LogP contribution in [0.5, 0.6) is 0 Å². The normalized spacial score (nSPS) is 14.1. The first-order chi connectivity index (χ1) is 15.1. The van der Waals surface area contributed by atoms with Crippen LogP contribution in [0.1, 0.15) is 27.7 Å². The van der Waals surface area contributed by atoms with Crippen molar-refractivity contribution >= 4 is 29.5 Å². The summed E-state index contributed by atoms with van der Waals surface area (Å²) in [6.07, 6.45) is 0. The Hall–Kier alpha value is -3.62. The highest BCUT2D eigenvalue weighted by Gasteiger charge is 2.42. The van der Waals surface area contributed by atoms with Crippen molar-refractivity contribution in [2.75, 3.05) is 25.7 Å². The molecule has 0 fully saturated rings. The number of carbonyl (C=O) groups excluding carboxylic acids is 4. The lowest BCUT2D eigenvalue weighted by Gasteiger charge is -2.29. The van der Waals surface area contributed by atoms with Crippen molar-refractivity contribution in [1.29, 1.82) is 0 Å². The van der Waals surface area contributed by atoms with Gasteiger partial charge in [-0.2, -0.15) is 0 Å². The van der Waals surface area contributed by atoms with E-state index < -0.39 is 36.3 Å². The number of rotatable bonds is 7. The number of hydrogen-bond donors (Lipinski definition) is 1. The summed E-state index contributed by atoms with van der Waals surface area (Å²) >= 11 is 0. The van der Waals surface area contributed by atoms with Crippen LogP contribution in [0.15, 0.2) is 52.9 Å². The maximum absolute atomic E-state index is 13.1. The van der Waals surface area contributed by atoms with E-state index in [0.717, 1.165) is 14.2 Å². The van der Waals surface area contributed by atoms with Gasteiger partial charge in [0, 0.05) is 23.1 Å². The molecule has 172 valence electrons. The molecule has 0 spiro atoms. The first-order valence-corrected chi connectivity index (χ1v) is 10.0. The summed E-state index contributed by atoms with van der Waals surface area (Å²) in [5, 5.41) is 2.89. The van der Waals surface area contributed by atoms with E-state index >= 15 is 0 Å². The van der Waals surface area contributed by atoms with E-state index in [2.05, 4.69) is 5.32 Å². The van der Waals surface area contributed by atoms with E-state index in [0.29, 0.717) is 17.1 Å². The van der Waals surface area contributed by atoms with Crippen molar-refractivity contribution < 1.29 is 33.4 Å². The van der Waals surface area contributed by atoms with Gasteiger partial charge in [-0.05, 0) is 39.8 Å². The third-order valence-corrected chi connectivity index (χ3v) is 4.96. The SMILES string of the molecule is COC(=O)C1=C(C)NC(C)=C(C(=O)OC)C1C(=O)OCC(=O)N(c1ccccc1)C(C)C. The minimum Gasteiger partial charge on any atom is -0.466 e. The average molecular weight is 444 g/mol. The number of carbonyl (C=O) groups is 4. The molecule has 0 aliphatic carbocycles. The van der Waals surface area contributed by atoms with Gasteiger partial charge in [-0.1, -0.05) is 18.2 Å². The number of anilines is 1. The molecule has 1 aromatic rings. The summed E-state index contributed by atoms with van der Waals surface area (Å²) in [7, 11) is 2.33.